The Balaban J connectivity index is 3.39. The van der Waals surface area contributed by atoms with Crippen LogP contribution < -0.4 is 16.6 Å². The van der Waals surface area contributed by atoms with Crippen molar-refractivity contribution in [3.8, 4) is 0 Å². The smallest absolute Gasteiger partial charge is 0.205 e. The molecule has 21 heavy (non-hydrogen) atoms. The second-order valence-electron chi connectivity index (χ2n) is 5.33. The highest BCUT2D eigenvalue weighted by Gasteiger charge is 1.96. The van der Waals surface area contributed by atoms with Crippen molar-refractivity contribution in [2.45, 2.75) is 71.6 Å². The van der Waals surface area contributed by atoms with Gasteiger partial charge in [-0.3, -0.25) is 10.4 Å². The molecule has 0 bridgehead atoms. The van der Waals surface area contributed by atoms with Crippen LogP contribution in [0.4, 0.5) is 0 Å². The highest BCUT2D eigenvalue weighted by Crippen LogP contribution is 2.07. The number of ether oxygens (including phenoxy) is 1. The minimum absolute atomic E-state index is 0.689. The summed E-state index contributed by atoms with van der Waals surface area (Å²) in [4.78, 5) is 4.37. The van der Waals surface area contributed by atoms with E-state index < -0.39 is 0 Å². The quantitative estimate of drug-likeness (QED) is 0.152. The van der Waals surface area contributed by atoms with E-state index in [1.54, 1.807) is 0 Å². The average molecular weight is 300 g/mol. The third-order valence-corrected chi connectivity index (χ3v) is 3.38. The first-order valence-corrected chi connectivity index (χ1v) is 8.67. The number of aliphatic imine (C=N–C) groups is 1. The van der Waals surface area contributed by atoms with Gasteiger partial charge >= 0.3 is 0 Å². The first kappa shape index (κ1) is 20.2. The molecular formula is C16H36N4O. The van der Waals surface area contributed by atoms with Crippen molar-refractivity contribution in [1.29, 1.82) is 0 Å². The minimum atomic E-state index is 0.689. The predicted octanol–water partition coefficient (Wildman–Crippen LogP) is 2.96. The van der Waals surface area contributed by atoms with Gasteiger partial charge in [0.25, 0.3) is 0 Å². The Kier molecular flexibility index (Phi) is 16.6. The van der Waals surface area contributed by atoms with E-state index in [1.165, 1.54) is 51.4 Å². The molecule has 126 valence electrons. The second-order valence-corrected chi connectivity index (χ2v) is 5.33. The Morgan fingerprint density at radius 1 is 0.952 bits per heavy atom. The topological polar surface area (TPSA) is 71.7 Å². The molecule has 5 heteroatoms. The van der Waals surface area contributed by atoms with Crippen LogP contribution in [0.25, 0.3) is 0 Å². The number of hydrogen-bond donors (Lipinski definition) is 3. The molecule has 0 radical (unpaired) electrons. The predicted molar refractivity (Wildman–Crippen MR) is 91.3 cm³/mol. The third kappa shape index (κ3) is 15.4. The van der Waals surface area contributed by atoms with Crippen LogP contribution in [0, 0.1) is 0 Å². The maximum atomic E-state index is 5.45. The van der Waals surface area contributed by atoms with Crippen LogP contribution in [0.5, 0.6) is 0 Å². The van der Waals surface area contributed by atoms with E-state index in [0.717, 1.165) is 32.7 Å². The van der Waals surface area contributed by atoms with Gasteiger partial charge < -0.3 is 10.1 Å². The number of nitrogens with one attached hydrogen (secondary N) is 2. The molecule has 0 aromatic heterocycles. The highest BCUT2D eigenvalue weighted by molar-refractivity contribution is 5.79. The molecule has 0 atom stereocenters. The number of nitrogens with two attached hydrogens (primary N) is 1. The summed E-state index contributed by atoms with van der Waals surface area (Å²) in [6.45, 7) is 7.46. The maximum absolute atomic E-state index is 5.45. The van der Waals surface area contributed by atoms with Crippen molar-refractivity contribution >= 4 is 5.96 Å². The zero-order valence-corrected chi connectivity index (χ0v) is 14.1. The van der Waals surface area contributed by atoms with Gasteiger partial charge in [0.1, 0.15) is 0 Å². The number of hydrogen-bond acceptors (Lipinski definition) is 3. The molecule has 0 unspecified atom stereocenters. The van der Waals surface area contributed by atoms with Crippen LogP contribution in [0.3, 0.4) is 0 Å². The van der Waals surface area contributed by atoms with Gasteiger partial charge in [-0.15, -0.1) is 0 Å². The number of rotatable bonds is 14. The molecule has 0 spiro atoms. The Morgan fingerprint density at radius 2 is 1.62 bits per heavy atom. The number of hydrazine groups is 1. The van der Waals surface area contributed by atoms with Gasteiger partial charge in [0.05, 0.1) is 0 Å². The summed E-state index contributed by atoms with van der Waals surface area (Å²) in [5.41, 5.74) is 2.62. The molecule has 0 aromatic rings. The molecule has 0 rings (SSSR count). The summed E-state index contributed by atoms with van der Waals surface area (Å²) in [5.74, 6) is 6.14. The lowest BCUT2D eigenvalue weighted by molar-refractivity contribution is 0.146. The van der Waals surface area contributed by atoms with E-state index in [-0.39, 0.29) is 0 Å². The Labute approximate surface area is 131 Å². The standard InChI is InChI=1S/C16H36N4O/c1-3-5-6-7-8-9-10-11-13-18-16(20-17)19-14-12-15-21-4-2/h3-15,17H2,1-2H3,(H2,18,19,20). The molecule has 0 aliphatic rings. The molecule has 0 aliphatic heterocycles. The van der Waals surface area contributed by atoms with Crippen molar-refractivity contribution in [2.24, 2.45) is 10.8 Å². The minimum Gasteiger partial charge on any atom is -0.382 e. The van der Waals surface area contributed by atoms with E-state index >= 15 is 0 Å². The van der Waals surface area contributed by atoms with Crippen LogP contribution >= 0.6 is 0 Å². The van der Waals surface area contributed by atoms with Crippen molar-refractivity contribution in [3.05, 3.63) is 0 Å². The molecule has 5 nitrogen and oxygen atoms in total. The first-order chi connectivity index (χ1) is 10.3. The average Bonchev–Trinajstić information content (AvgIpc) is 2.51. The lowest BCUT2D eigenvalue weighted by Gasteiger charge is -2.09. The largest absolute Gasteiger partial charge is 0.382 e. The molecule has 0 saturated heterocycles. The van der Waals surface area contributed by atoms with Crippen LogP contribution in [0.1, 0.15) is 71.6 Å². The highest BCUT2D eigenvalue weighted by atomic mass is 16.5. The van der Waals surface area contributed by atoms with Gasteiger partial charge in [-0.25, -0.2) is 5.84 Å². The van der Waals surface area contributed by atoms with Crippen LogP contribution in [-0.4, -0.2) is 32.3 Å². The molecule has 0 heterocycles. The zero-order valence-electron chi connectivity index (χ0n) is 14.1. The van der Waals surface area contributed by atoms with Gasteiger partial charge in [-0.1, -0.05) is 51.9 Å². The molecule has 0 saturated carbocycles. The van der Waals surface area contributed by atoms with Gasteiger partial charge in [-0.05, 0) is 19.8 Å². The van der Waals surface area contributed by atoms with E-state index in [9.17, 15) is 0 Å². The molecule has 0 aliphatic carbocycles. The lowest BCUT2D eigenvalue weighted by Crippen LogP contribution is -2.42. The number of unbranched alkanes of at least 4 members (excludes halogenated alkanes) is 7. The molecule has 0 fully saturated rings. The fourth-order valence-electron chi connectivity index (χ4n) is 2.12. The van der Waals surface area contributed by atoms with Gasteiger partial charge in [0.15, 0.2) is 0 Å². The maximum Gasteiger partial charge on any atom is 0.205 e. The number of nitrogens with zero attached hydrogens (tertiary/aromatic N) is 1. The zero-order chi connectivity index (χ0) is 15.6. The van der Waals surface area contributed by atoms with Gasteiger partial charge in [-0.2, -0.15) is 0 Å². The Bertz CT molecular complexity index is 234. The Morgan fingerprint density at radius 3 is 2.24 bits per heavy atom. The molecular weight excluding hydrogens is 264 g/mol. The fraction of sp³-hybridized carbons (Fsp3) is 0.938. The van der Waals surface area contributed by atoms with Gasteiger partial charge in [0.2, 0.25) is 5.96 Å². The summed E-state index contributed by atoms with van der Waals surface area (Å²) >= 11 is 0. The summed E-state index contributed by atoms with van der Waals surface area (Å²) in [6.07, 6.45) is 11.6. The summed E-state index contributed by atoms with van der Waals surface area (Å²) < 4.78 is 5.27. The summed E-state index contributed by atoms with van der Waals surface area (Å²) in [6, 6.07) is 0. The van der Waals surface area contributed by atoms with Crippen molar-refractivity contribution in [1.82, 2.24) is 10.7 Å². The van der Waals surface area contributed by atoms with Crippen LogP contribution in [0.2, 0.25) is 0 Å². The SMILES string of the molecule is CCCCCCCCCCNC(=NCCCOCC)NN. The van der Waals surface area contributed by atoms with Crippen molar-refractivity contribution < 1.29 is 4.74 Å². The van der Waals surface area contributed by atoms with E-state index in [4.69, 9.17) is 10.6 Å². The molecule has 4 N–H and O–H groups in total. The van der Waals surface area contributed by atoms with Crippen LogP contribution in [0.15, 0.2) is 4.99 Å². The second kappa shape index (κ2) is 17.2. The Hall–Kier alpha value is -0.810. The summed E-state index contributed by atoms with van der Waals surface area (Å²) in [5, 5.41) is 3.24. The van der Waals surface area contributed by atoms with Crippen LogP contribution in [-0.2, 0) is 4.74 Å². The first-order valence-electron chi connectivity index (χ1n) is 8.67. The van der Waals surface area contributed by atoms with Gasteiger partial charge in [0, 0.05) is 26.3 Å². The monoisotopic (exact) mass is 300 g/mol. The van der Waals surface area contributed by atoms with E-state index in [1.807, 2.05) is 6.92 Å². The van der Waals surface area contributed by atoms with E-state index in [0.29, 0.717) is 5.96 Å². The normalized spacial score (nSPS) is 11.7. The van der Waals surface area contributed by atoms with Crippen molar-refractivity contribution in [3.63, 3.8) is 0 Å². The summed E-state index contributed by atoms with van der Waals surface area (Å²) in [7, 11) is 0. The third-order valence-electron chi connectivity index (χ3n) is 3.38. The molecule has 0 aromatic carbocycles. The van der Waals surface area contributed by atoms with E-state index in [2.05, 4.69) is 22.7 Å². The number of guanidine groups is 1. The lowest BCUT2D eigenvalue weighted by atomic mass is 10.1. The van der Waals surface area contributed by atoms with Crippen molar-refractivity contribution in [2.75, 3.05) is 26.3 Å². The molecule has 0 amide bonds. The fourth-order valence-corrected chi connectivity index (χ4v) is 2.12.